The molecule has 1 aromatic carbocycles. The summed E-state index contributed by atoms with van der Waals surface area (Å²) in [6.07, 6.45) is -4.01. The van der Waals surface area contributed by atoms with E-state index in [1.807, 2.05) is 0 Å². The number of hydrogen-bond acceptors (Lipinski definition) is 3. The fraction of sp³-hybridized carbons (Fsp3) is 0.333. The molecule has 4 nitrogen and oxygen atoms in total. The third-order valence-corrected chi connectivity index (χ3v) is 4.51. The van der Waals surface area contributed by atoms with Crippen LogP contribution in [0.2, 0.25) is 0 Å². The lowest BCUT2D eigenvalue weighted by atomic mass is 10.1. The minimum atomic E-state index is -4.44. The van der Waals surface area contributed by atoms with Crippen LogP contribution < -0.4 is 10.6 Å². The predicted molar refractivity (Wildman–Crippen MR) is 93.1 cm³/mol. The van der Waals surface area contributed by atoms with Gasteiger partial charge in [0.05, 0.1) is 6.54 Å². The van der Waals surface area contributed by atoms with Crippen molar-refractivity contribution in [1.82, 2.24) is 15.6 Å². The first-order chi connectivity index (χ1) is 11.8. The number of hydrogen-bond donors (Lipinski definition) is 2. The van der Waals surface area contributed by atoms with E-state index in [4.69, 9.17) is 0 Å². The number of thiazole rings is 1. The van der Waals surface area contributed by atoms with Crippen LogP contribution in [0.15, 0.2) is 33.0 Å². The molecular weight excluding hydrogens is 424 g/mol. The van der Waals surface area contributed by atoms with E-state index in [1.165, 1.54) is 13.1 Å². The normalized spacial score (nSPS) is 12.3. The Kier molecular flexibility index (Phi) is 6.77. The molecule has 0 aliphatic carbocycles. The van der Waals surface area contributed by atoms with Crippen LogP contribution in [0.3, 0.4) is 0 Å². The molecule has 0 fully saturated rings. The van der Waals surface area contributed by atoms with Gasteiger partial charge in [-0.25, -0.2) is 9.37 Å². The number of nitrogens with one attached hydrogen (secondary N) is 2. The highest BCUT2D eigenvalue weighted by Crippen LogP contribution is 2.29. The molecule has 2 aromatic rings. The van der Waals surface area contributed by atoms with Gasteiger partial charge >= 0.3 is 6.18 Å². The summed E-state index contributed by atoms with van der Waals surface area (Å²) in [5.74, 6) is 0.106. The first-order valence-electron chi connectivity index (χ1n) is 7.19. The average molecular weight is 439 g/mol. The van der Waals surface area contributed by atoms with Crippen LogP contribution in [0.1, 0.15) is 16.3 Å². The molecule has 2 N–H and O–H groups in total. The highest BCUT2D eigenvalue weighted by Gasteiger charge is 2.33. The van der Waals surface area contributed by atoms with Crippen LogP contribution in [0, 0.1) is 5.82 Å². The van der Waals surface area contributed by atoms with Gasteiger partial charge in [-0.3, -0.25) is 4.99 Å². The minimum absolute atomic E-state index is 0.117. The summed E-state index contributed by atoms with van der Waals surface area (Å²) < 4.78 is 52.0. The fourth-order valence-corrected chi connectivity index (χ4v) is 3.10. The average Bonchev–Trinajstić information content (AvgIpc) is 3.03. The lowest BCUT2D eigenvalue weighted by Gasteiger charge is -2.11. The van der Waals surface area contributed by atoms with Crippen molar-refractivity contribution < 1.29 is 17.6 Å². The number of aromatic nitrogens is 1. The number of aliphatic imine (C=N–C) groups is 1. The molecule has 1 heterocycles. The summed E-state index contributed by atoms with van der Waals surface area (Å²) in [7, 11) is 1.54. The van der Waals surface area contributed by atoms with Crippen molar-refractivity contribution in [2.75, 3.05) is 13.6 Å². The van der Waals surface area contributed by atoms with Gasteiger partial charge in [0, 0.05) is 23.4 Å². The van der Waals surface area contributed by atoms with E-state index < -0.39 is 11.9 Å². The van der Waals surface area contributed by atoms with Crippen molar-refractivity contribution in [3.63, 3.8) is 0 Å². The van der Waals surface area contributed by atoms with Crippen molar-refractivity contribution in [3.8, 4) is 0 Å². The predicted octanol–water partition coefficient (Wildman–Crippen LogP) is 3.97. The minimum Gasteiger partial charge on any atom is -0.356 e. The van der Waals surface area contributed by atoms with Crippen molar-refractivity contribution in [1.29, 1.82) is 0 Å². The Bertz CT molecular complexity index is 745. The Hall–Kier alpha value is -1.68. The molecule has 0 aliphatic rings. The zero-order valence-corrected chi connectivity index (χ0v) is 15.5. The van der Waals surface area contributed by atoms with Gasteiger partial charge in [0.1, 0.15) is 10.8 Å². The number of nitrogens with zero attached hydrogens (tertiary/aromatic N) is 2. The SMILES string of the molecule is CN=C(NCCc1cc(Br)ccc1F)NCc1nc(C(F)(F)F)cs1. The van der Waals surface area contributed by atoms with E-state index in [0.29, 0.717) is 29.5 Å². The maximum atomic E-state index is 13.7. The summed E-state index contributed by atoms with van der Waals surface area (Å²) in [5.41, 5.74) is -0.352. The standard InChI is InChI=1S/C15H15BrF4N4S/c1-21-14(22-5-4-9-6-10(16)2-3-11(9)17)23-7-13-24-12(8-25-13)15(18,19)20/h2-3,6,8H,4-5,7H2,1H3,(H2,21,22,23). The van der Waals surface area contributed by atoms with E-state index >= 15 is 0 Å². The second-order valence-corrected chi connectivity index (χ2v) is 6.82. The van der Waals surface area contributed by atoms with Crippen molar-refractivity contribution in [3.05, 3.63) is 50.1 Å². The van der Waals surface area contributed by atoms with Gasteiger partial charge in [-0.1, -0.05) is 15.9 Å². The molecule has 136 valence electrons. The Morgan fingerprint density at radius 2 is 2.08 bits per heavy atom. The van der Waals surface area contributed by atoms with Gasteiger partial charge in [0.15, 0.2) is 11.7 Å². The Morgan fingerprint density at radius 3 is 2.72 bits per heavy atom. The second kappa shape index (κ2) is 8.61. The van der Waals surface area contributed by atoms with Crippen LogP contribution in [0.4, 0.5) is 17.6 Å². The van der Waals surface area contributed by atoms with Crippen LogP contribution in [-0.4, -0.2) is 24.5 Å². The first kappa shape index (κ1) is 19.6. The molecule has 0 spiro atoms. The van der Waals surface area contributed by atoms with Crippen molar-refractivity contribution in [2.24, 2.45) is 4.99 Å². The van der Waals surface area contributed by atoms with Crippen molar-refractivity contribution in [2.45, 2.75) is 19.1 Å². The van der Waals surface area contributed by atoms with Crippen LogP contribution in [-0.2, 0) is 19.1 Å². The van der Waals surface area contributed by atoms with Crippen LogP contribution in [0.25, 0.3) is 0 Å². The van der Waals surface area contributed by atoms with Crippen LogP contribution in [0.5, 0.6) is 0 Å². The largest absolute Gasteiger partial charge is 0.434 e. The number of alkyl halides is 3. The molecule has 0 atom stereocenters. The van der Waals surface area contributed by atoms with E-state index in [-0.39, 0.29) is 12.4 Å². The van der Waals surface area contributed by atoms with Gasteiger partial charge in [-0.15, -0.1) is 11.3 Å². The number of guanidine groups is 1. The molecule has 0 unspecified atom stereocenters. The summed E-state index contributed by atoms with van der Waals surface area (Å²) >= 11 is 4.21. The Morgan fingerprint density at radius 1 is 1.32 bits per heavy atom. The molecule has 0 aliphatic heterocycles. The lowest BCUT2D eigenvalue weighted by molar-refractivity contribution is -0.140. The van der Waals surface area contributed by atoms with Crippen LogP contribution >= 0.6 is 27.3 Å². The maximum absolute atomic E-state index is 13.7. The number of halogens is 5. The maximum Gasteiger partial charge on any atom is 0.434 e. The van der Waals surface area contributed by atoms with Gasteiger partial charge in [-0.2, -0.15) is 13.2 Å². The molecule has 0 saturated carbocycles. The topological polar surface area (TPSA) is 49.3 Å². The van der Waals surface area contributed by atoms with Gasteiger partial charge in [-0.05, 0) is 30.2 Å². The van der Waals surface area contributed by atoms with E-state index in [9.17, 15) is 17.6 Å². The van der Waals surface area contributed by atoms with E-state index in [0.717, 1.165) is 21.2 Å². The molecule has 0 radical (unpaired) electrons. The molecule has 0 bridgehead atoms. The molecule has 25 heavy (non-hydrogen) atoms. The van der Waals surface area contributed by atoms with Gasteiger partial charge < -0.3 is 10.6 Å². The zero-order chi connectivity index (χ0) is 18.4. The second-order valence-electron chi connectivity index (χ2n) is 4.96. The summed E-state index contributed by atoms with van der Waals surface area (Å²) in [5, 5.41) is 7.14. The number of rotatable bonds is 5. The monoisotopic (exact) mass is 438 g/mol. The van der Waals surface area contributed by atoms with E-state index in [2.05, 4.69) is 36.5 Å². The number of benzene rings is 1. The molecule has 0 amide bonds. The lowest BCUT2D eigenvalue weighted by Crippen LogP contribution is -2.37. The summed E-state index contributed by atoms with van der Waals surface area (Å²) in [6, 6.07) is 4.70. The highest BCUT2D eigenvalue weighted by atomic mass is 79.9. The van der Waals surface area contributed by atoms with Crippen molar-refractivity contribution >= 4 is 33.2 Å². The first-order valence-corrected chi connectivity index (χ1v) is 8.87. The quantitative estimate of drug-likeness (QED) is 0.421. The molecule has 0 saturated heterocycles. The zero-order valence-electron chi connectivity index (χ0n) is 13.1. The molecule has 1 aromatic heterocycles. The Balaban J connectivity index is 1.83. The molecular formula is C15H15BrF4N4S. The molecule has 10 heteroatoms. The fourth-order valence-electron chi connectivity index (χ4n) is 1.95. The third-order valence-electron chi connectivity index (χ3n) is 3.17. The third kappa shape index (κ3) is 5.96. The van der Waals surface area contributed by atoms with Gasteiger partial charge in [0.25, 0.3) is 0 Å². The summed E-state index contributed by atoms with van der Waals surface area (Å²) in [4.78, 5) is 7.51. The smallest absolute Gasteiger partial charge is 0.356 e. The van der Waals surface area contributed by atoms with E-state index in [1.54, 1.807) is 12.1 Å². The molecule has 2 rings (SSSR count). The summed E-state index contributed by atoms with van der Waals surface area (Å²) in [6.45, 7) is 0.532. The Labute approximate surface area is 154 Å². The highest BCUT2D eigenvalue weighted by molar-refractivity contribution is 9.10. The van der Waals surface area contributed by atoms with Gasteiger partial charge in [0.2, 0.25) is 0 Å².